The molecule has 1 aromatic heterocycles. The Hall–Kier alpha value is -1.89. The van der Waals surface area contributed by atoms with Gasteiger partial charge in [0.2, 0.25) is 0 Å². The number of hydrogen-bond donors (Lipinski definition) is 2. The Kier molecular flexibility index (Phi) is 4.85. The fraction of sp³-hybridized carbons (Fsp3) is 0.667. The van der Waals surface area contributed by atoms with E-state index >= 15 is 0 Å². The zero-order chi connectivity index (χ0) is 16.3. The van der Waals surface area contributed by atoms with Gasteiger partial charge in [-0.05, 0) is 0 Å². The number of carbonyl (C=O) groups is 1. The second kappa shape index (κ2) is 6.48. The minimum atomic E-state index is -0.876. The van der Waals surface area contributed by atoms with E-state index in [2.05, 4.69) is 35.6 Å². The van der Waals surface area contributed by atoms with Crippen molar-refractivity contribution in [2.24, 2.45) is 0 Å². The first kappa shape index (κ1) is 16.5. The van der Waals surface area contributed by atoms with Crippen molar-refractivity contribution in [3.8, 4) is 0 Å². The van der Waals surface area contributed by atoms with E-state index in [9.17, 15) is 4.79 Å². The first-order valence-corrected chi connectivity index (χ1v) is 7.53. The molecule has 2 rings (SSSR count). The molecule has 2 N–H and O–H groups in total. The molecule has 0 radical (unpaired) electrons. The Balaban J connectivity index is 2.23. The molecule has 1 amide bonds. The smallest absolute Gasteiger partial charge is 0.407 e. The second-order valence-corrected chi connectivity index (χ2v) is 6.52. The summed E-state index contributed by atoms with van der Waals surface area (Å²) in [5, 5.41) is 18.2. The van der Waals surface area contributed by atoms with Crippen LogP contribution in [-0.4, -0.2) is 64.0 Å². The van der Waals surface area contributed by atoms with Crippen LogP contribution in [0.1, 0.15) is 32.3 Å². The molecule has 0 saturated carbocycles. The third-order valence-corrected chi connectivity index (χ3v) is 3.68. The summed E-state index contributed by atoms with van der Waals surface area (Å²) in [6.07, 6.45) is -0.382. The second-order valence-electron chi connectivity index (χ2n) is 6.52. The normalized spacial score (nSPS) is 16.0. The molecule has 22 heavy (non-hydrogen) atoms. The van der Waals surface area contributed by atoms with Crippen LogP contribution in [-0.2, 0) is 11.8 Å². The van der Waals surface area contributed by atoms with Gasteiger partial charge in [-0.2, -0.15) is 0 Å². The number of carboxylic acid groups (broad SMARTS) is 1. The van der Waals surface area contributed by atoms with Gasteiger partial charge in [-0.1, -0.05) is 20.8 Å². The predicted octanol–water partition coefficient (Wildman–Crippen LogP) is 1.11. The van der Waals surface area contributed by atoms with Crippen LogP contribution in [0.2, 0.25) is 0 Å². The van der Waals surface area contributed by atoms with E-state index in [4.69, 9.17) is 10.2 Å². The SMILES string of the molecule is CC(C)(C)c1nc(CCO)cc(N2CCN(C(=O)O)CC2)n1. The van der Waals surface area contributed by atoms with Gasteiger partial charge in [0.25, 0.3) is 0 Å². The summed E-state index contributed by atoms with van der Waals surface area (Å²) >= 11 is 0. The van der Waals surface area contributed by atoms with Gasteiger partial charge in [-0.15, -0.1) is 0 Å². The summed E-state index contributed by atoms with van der Waals surface area (Å²) < 4.78 is 0. The first-order chi connectivity index (χ1) is 10.3. The van der Waals surface area contributed by atoms with Gasteiger partial charge in [-0.3, -0.25) is 0 Å². The molecule has 1 fully saturated rings. The van der Waals surface area contributed by atoms with Crippen molar-refractivity contribution in [3.63, 3.8) is 0 Å². The van der Waals surface area contributed by atoms with Crippen LogP contribution in [0.15, 0.2) is 6.07 Å². The third kappa shape index (κ3) is 3.85. The summed E-state index contributed by atoms with van der Waals surface area (Å²) in [4.78, 5) is 23.6. The maximum atomic E-state index is 11.0. The number of rotatable bonds is 3. The molecule has 0 aliphatic carbocycles. The molecule has 0 aromatic carbocycles. The van der Waals surface area contributed by atoms with Crippen molar-refractivity contribution in [1.29, 1.82) is 0 Å². The molecular formula is C15H24N4O3. The zero-order valence-corrected chi connectivity index (χ0v) is 13.4. The maximum Gasteiger partial charge on any atom is 0.407 e. The van der Waals surface area contributed by atoms with Crippen LogP contribution in [0.5, 0.6) is 0 Å². The van der Waals surface area contributed by atoms with E-state index < -0.39 is 6.09 Å². The van der Waals surface area contributed by atoms with E-state index in [1.807, 2.05) is 6.07 Å². The molecular weight excluding hydrogens is 284 g/mol. The Morgan fingerprint density at radius 2 is 1.86 bits per heavy atom. The van der Waals surface area contributed by atoms with Crippen LogP contribution in [0, 0.1) is 0 Å². The van der Waals surface area contributed by atoms with E-state index in [0.29, 0.717) is 32.6 Å². The van der Waals surface area contributed by atoms with E-state index in [1.54, 1.807) is 0 Å². The minimum Gasteiger partial charge on any atom is -0.465 e. The highest BCUT2D eigenvalue weighted by Gasteiger charge is 2.24. The lowest BCUT2D eigenvalue weighted by atomic mass is 9.95. The fourth-order valence-corrected chi connectivity index (χ4v) is 2.35. The lowest BCUT2D eigenvalue weighted by molar-refractivity contribution is 0.142. The number of anilines is 1. The van der Waals surface area contributed by atoms with Crippen LogP contribution in [0.25, 0.3) is 0 Å². The van der Waals surface area contributed by atoms with Gasteiger partial charge in [0.1, 0.15) is 11.6 Å². The Labute approximate surface area is 130 Å². The van der Waals surface area contributed by atoms with Crippen molar-refractivity contribution in [2.45, 2.75) is 32.6 Å². The van der Waals surface area contributed by atoms with E-state index in [0.717, 1.165) is 17.3 Å². The minimum absolute atomic E-state index is 0.0484. The summed E-state index contributed by atoms with van der Waals surface area (Å²) in [5.74, 6) is 1.56. The molecule has 0 unspecified atom stereocenters. The van der Waals surface area contributed by atoms with Crippen LogP contribution >= 0.6 is 0 Å². The lowest BCUT2D eigenvalue weighted by Crippen LogP contribution is -2.48. The standard InChI is InChI=1S/C15H24N4O3/c1-15(2,3)13-16-11(4-9-20)10-12(17-13)18-5-7-19(8-6-18)14(21)22/h10,20H,4-9H2,1-3H3,(H,21,22). The molecule has 122 valence electrons. The van der Waals surface area contributed by atoms with Crippen molar-refractivity contribution in [1.82, 2.24) is 14.9 Å². The quantitative estimate of drug-likeness (QED) is 0.869. The zero-order valence-electron chi connectivity index (χ0n) is 13.4. The first-order valence-electron chi connectivity index (χ1n) is 7.53. The molecule has 0 spiro atoms. The molecule has 7 heteroatoms. The van der Waals surface area contributed by atoms with Crippen molar-refractivity contribution in [2.75, 3.05) is 37.7 Å². The molecule has 1 aliphatic rings. The average molecular weight is 308 g/mol. The van der Waals surface area contributed by atoms with Crippen molar-refractivity contribution in [3.05, 3.63) is 17.6 Å². The number of nitrogens with zero attached hydrogens (tertiary/aromatic N) is 4. The summed E-state index contributed by atoms with van der Waals surface area (Å²) in [7, 11) is 0. The molecule has 1 aromatic rings. The van der Waals surface area contributed by atoms with Gasteiger partial charge < -0.3 is 20.0 Å². The van der Waals surface area contributed by atoms with Gasteiger partial charge in [0, 0.05) is 56.4 Å². The number of aliphatic hydroxyl groups excluding tert-OH is 1. The van der Waals surface area contributed by atoms with Crippen molar-refractivity contribution >= 4 is 11.9 Å². The van der Waals surface area contributed by atoms with Crippen LogP contribution in [0.4, 0.5) is 10.6 Å². The average Bonchev–Trinajstić information content (AvgIpc) is 2.46. The maximum absolute atomic E-state index is 11.0. The monoisotopic (exact) mass is 308 g/mol. The largest absolute Gasteiger partial charge is 0.465 e. The van der Waals surface area contributed by atoms with Crippen LogP contribution < -0.4 is 4.90 Å². The summed E-state index contributed by atoms with van der Waals surface area (Å²) in [6, 6.07) is 1.89. The Bertz CT molecular complexity index is 534. The molecule has 7 nitrogen and oxygen atoms in total. The van der Waals surface area contributed by atoms with Gasteiger partial charge >= 0.3 is 6.09 Å². The third-order valence-electron chi connectivity index (χ3n) is 3.68. The molecule has 2 heterocycles. The number of amides is 1. The number of piperazine rings is 1. The highest BCUT2D eigenvalue weighted by molar-refractivity contribution is 5.65. The highest BCUT2D eigenvalue weighted by atomic mass is 16.4. The van der Waals surface area contributed by atoms with Gasteiger partial charge in [0.15, 0.2) is 0 Å². The predicted molar refractivity (Wildman–Crippen MR) is 83.3 cm³/mol. The summed E-state index contributed by atoms with van der Waals surface area (Å²) in [6.45, 7) is 8.38. The fourth-order valence-electron chi connectivity index (χ4n) is 2.35. The van der Waals surface area contributed by atoms with Gasteiger partial charge in [-0.25, -0.2) is 14.8 Å². The Morgan fingerprint density at radius 1 is 1.23 bits per heavy atom. The Morgan fingerprint density at radius 3 is 2.36 bits per heavy atom. The topological polar surface area (TPSA) is 89.8 Å². The number of aromatic nitrogens is 2. The van der Waals surface area contributed by atoms with Crippen LogP contribution in [0.3, 0.4) is 0 Å². The number of aliphatic hydroxyl groups is 1. The highest BCUT2D eigenvalue weighted by Crippen LogP contribution is 2.23. The summed E-state index contributed by atoms with van der Waals surface area (Å²) in [5.41, 5.74) is 0.640. The van der Waals surface area contributed by atoms with Gasteiger partial charge in [0.05, 0.1) is 0 Å². The van der Waals surface area contributed by atoms with E-state index in [-0.39, 0.29) is 12.0 Å². The molecule has 0 atom stereocenters. The van der Waals surface area contributed by atoms with E-state index in [1.165, 1.54) is 4.90 Å². The lowest BCUT2D eigenvalue weighted by Gasteiger charge is -2.34. The molecule has 1 saturated heterocycles. The molecule has 0 bridgehead atoms. The van der Waals surface area contributed by atoms with Crippen molar-refractivity contribution < 1.29 is 15.0 Å². The number of hydrogen-bond acceptors (Lipinski definition) is 5. The molecule has 1 aliphatic heterocycles.